The SMILES string of the molecule is C[C@@H](C(=O)O[C@H]1CCCN1C)c1ccccc1. The Labute approximate surface area is 102 Å². The minimum Gasteiger partial charge on any atom is -0.446 e. The van der Waals surface area contributed by atoms with Gasteiger partial charge in [0.2, 0.25) is 0 Å². The van der Waals surface area contributed by atoms with Crippen LogP contribution in [0.25, 0.3) is 0 Å². The summed E-state index contributed by atoms with van der Waals surface area (Å²) in [4.78, 5) is 14.1. The van der Waals surface area contributed by atoms with Crippen molar-refractivity contribution in [2.75, 3.05) is 13.6 Å². The number of nitrogens with zero attached hydrogens (tertiary/aromatic N) is 1. The van der Waals surface area contributed by atoms with Crippen LogP contribution in [-0.2, 0) is 9.53 Å². The second-order valence-corrected chi connectivity index (χ2v) is 4.65. The lowest BCUT2D eigenvalue weighted by Gasteiger charge is -2.21. The molecule has 0 aliphatic carbocycles. The maximum atomic E-state index is 12.0. The summed E-state index contributed by atoms with van der Waals surface area (Å²) in [6.07, 6.45) is 2.02. The highest BCUT2D eigenvalue weighted by Gasteiger charge is 2.27. The molecule has 0 aromatic heterocycles. The van der Waals surface area contributed by atoms with Gasteiger partial charge in [-0.1, -0.05) is 30.3 Å². The summed E-state index contributed by atoms with van der Waals surface area (Å²) in [6, 6.07) is 9.77. The second kappa shape index (κ2) is 5.32. The van der Waals surface area contributed by atoms with Crippen LogP contribution in [0.5, 0.6) is 0 Å². The molecule has 92 valence electrons. The summed E-state index contributed by atoms with van der Waals surface area (Å²) >= 11 is 0. The van der Waals surface area contributed by atoms with Crippen molar-refractivity contribution in [3.63, 3.8) is 0 Å². The fraction of sp³-hybridized carbons (Fsp3) is 0.500. The van der Waals surface area contributed by atoms with Gasteiger partial charge in [0, 0.05) is 6.54 Å². The minimum absolute atomic E-state index is 0.0336. The third kappa shape index (κ3) is 2.86. The fourth-order valence-corrected chi connectivity index (χ4v) is 2.14. The number of rotatable bonds is 3. The van der Waals surface area contributed by atoms with Gasteiger partial charge in [0.05, 0.1) is 5.92 Å². The topological polar surface area (TPSA) is 29.5 Å². The first-order valence-electron chi connectivity index (χ1n) is 6.14. The van der Waals surface area contributed by atoms with Crippen LogP contribution < -0.4 is 0 Å². The van der Waals surface area contributed by atoms with Crippen LogP contribution in [0.3, 0.4) is 0 Å². The van der Waals surface area contributed by atoms with Crippen molar-refractivity contribution in [3.05, 3.63) is 35.9 Å². The number of ether oxygens (including phenoxy) is 1. The summed E-state index contributed by atoms with van der Waals surface area (Å²) in [5, 5.41) is 0. The number of likely N-dealkylation sites (tertiary alicyclic amines) is 1. The standard InChI is InChI=1S/C14H19NO2/c1-11(12-7-4-3-5-8-12)14(16)17-13-9-6-10-15(13)2/h3-5,7-8,11,13H,6,9-10H2,1-2H3/t11-,13+/m1/s1. The fourth-order valence-electron chi connectivity index (χ4n) is 2.14. The zero-order valence-corrected chi connectivity index (χ0v) is 10.4. The molecule has 1 heterocycles. The van der Waals surface area contributed by atoms with Gasteiger partial charge in [0.1, 0.15) is 0 Å². The van der Waals surface area contributed by atoms with Crippen molar-refractivity contribution in [1.29, 1.82) is 0 Å². The molecule has 0 radical (unpaired) electrons. The van der Waals surface area contributed by atoms with Crippen LogP contribution in [0, 0.1) is 0 Å². The number of esters is 1. The molecule has 17 heavy (non-hydrogen) atoms. The third-order valence-electron chi connectivity index (χ3n) is 3.36. The van der Waals surface area contributed by atoms with Crippen LogP contribution in [-0.4, -0.2) is 30.7 Å². The van der Waals surface area contributed by atoms with E-state index in [9.17, 15) is 4.79 Å². The Morgan fingerprint density at radius 2 is 2.12 bits per heavy atom. The first-order chi connectivity index (χ1) is 8.18. The first-order valence-corrected chi connectivity index (χ1v) is 6.14. The van der Waals surface area contributed by atoms with Gasteiger partial charge in [-0.05, 0) is 32.4 Å². The molecule has 0 amide bonds. The molecule has 0 unspecified atom stereocenters. The predicted octanol–water partition coefficient (Wildman–Crippen LogP) is 2.39. The van der Waals surface area contributed by atoms with Gasteiger partial charge < -0.3 is 4.74 Å². The Hall–Kier alpha value is -1.35. The summed E-state index contributed by atoms with van der Waals surface area (Å²) in [5.74, 6) is -0.319. The van der Waals surface area contributed by atoms with Crippen LogP contribution >= 0.6 is 0 Å². The maximum absolute atomic E-state index is 12.0. The second-order valence-electron chi connectivity index (χ2n) is 4.65. The first kappa shape index (κ1) is 12.1. The Balaban J connectivity index is 1.96. The number of hydrogen-bond donors (Lipinski definition) is 0. The lowest BCUT2D eigenvalue weighted by molar-refractivity contribution is -0.157. The molecule has 1 aliphatic rings. The van der Waals surface area contributed by atoms with Crippen LogP contribution in [0.2, 0.25) is 0 Å². The summed E-state index contributed by atoms with van der Waals surface area (Å²) < 4.78 is 5.53. The average molecular weight is 233 g/mol. The van der Waals surface area contributed by atoms with Crippen LogP contribution in [0.15, 0.2) is 30.3 Å². The highest BCUT2D eigenvalue weighted by molar-refractivity contribution is 5.77. The largest absolute Gasteiger partial charge is 0.446 e. The Kier molecular flexibility index (Phi) is 3.79. The smallest absolute Gasteiger partial charge is 0.314 e. The Bertz CT molecular complexity index is 377. The summed E-state index contributed by atoms with van der Waals surface area (Å²) in [7, 11) is 2.00. The Morgan fingerprint density at radius 3 is 2.71 bits per heavy atom. The quantitative estimate of drug-likeness (QED) is 0.751. The zero-order valence-electron chi connectivity index (χ0n) is 10.4. The molecule has 3 heteroatoms. The van der Waals surface area contributed by atoms with E-state index < -0.39 is 0 Å². The van der Waals surface area contributed by atoms with E-state index in [-0.39, 0.29) is 18.1 Å². The molecule has 0 saturated carbocycles. The summed E-state index contributed by atoms with van der Waals surface area (Å²) in [5.41, 5.74) is 1.01. The molecule has 0 bridgehead atoms. The third-order valence-corrected chi connectivity index (χ3v) is 3.36. The highest BCUT2D eigenvalue weighted by Crippen LogP contribution is 2.21. The molecule has 2 atom stereocenters. The van der Waals surface area contributed by atoms with Gasteiger partial charge in [-0.15, -0.1) is 0 Å². The molecule has 1 fully saturated rings. The van der Waals surface area contributed by atoms with Crippen molar-refractivity contribution >= 4 is 5.97 Å². The van der Waals surface area contributed by atoms with E-state index in [1.807, 2.05) is 44.3 Å². The predicted molar refractivity (Wildman–Crippen MR) is 66.6 cm³/mol. The lowest BCUT2D eigenvalue weighted by atomic mass is 10.0. The van der Waals surface area contributed by atoms with Crippen molar-refractivity contribution in [2.45, 2.75) is 31.9 Å². The van der Waals surface area contributed by atoms with Gasteiger partial charge in [0.15, 0.2) is 6.23 Å². The molecular weight excluding hydrogens is 214 g/mol. The summed E-state index contributed by atoms with van der Waals surface area (Å²) in [6.45, 7) is 2.91. The van der Waals surface area contributed by atoms with Crippen LogP contribution in [0.1, 0.15) is 31.2 Å². The van der Waals surface area contributed by atoms with E-state index in [4.69, 9.17) is 4.74 Å². The van der Waals surface area contributed by atoms with Crippen molar-refractivity contribution < 1.29 is 9.53 Å². The van der Waals surface area contributed by atoms with Crippen LogP contribution in [0.4, 0.5) is 0 Å². The van der Waals surface area contributed by atoms with E-state index >= 15 is 0 Å². The number of carbonyl (C=O) groups is 1. The van der Waals surface area contributed by atoms with E-state index in [1.165, 1.54) is 0 Å². The van der Waals surface area contributed by atoms with E-state index in [0.29, 0.717) is 0 Å². The van der Waals surface area contributed by atoms with Gasteiger partial charge in [0.25, 0.3) is 0 Å². The van der Waals surface area contributed by atoms with Gasteiger partial charge in [-0.2, -0.15) is 0 Å². The molecule has 0 spiro atoms. The zero-order chi connectivity index (χ0) is 12.3. The number of benzene rings is 1. The highest BCUT2D eigenvalue weighted by atomic mass is 16.6. The molecule has 1 aromatic rings. The van der Waals surface area contributed by atoms with E-state index in [1.54, 1.807) is 0 Å². The van der Waals surface area contributed by atoms with E-state index in [2.05, 4.69) is 4.90 Å². The van der Waals surface area contributed by atoms with Crippen molar-refractivity contribution in [3.8, 4) is 0 Å². The molecule has 1 aliphatic heterocycles. The molecule has 1 aromatic carbocycles. The van der Waals surface area contributed by atoms with Gasteiger partial charge in [-0.25, -0.2) is 0 Å². The number of carbonyl (C=O) groups excluding carboxylic acids is 1. The molecular formula is C14H19NO2. The average Bonchev–Trinajstić information content (AvgIpc) is 2.75. The number of hydrogen-bond acceptors (Lipinski definition) is 3. The molecule has 1 saturated heterocycles. The Morgan fingerprint density at radius 1 is 1.41 bits per heavy atom. The van der Waals surface area contributed by atoms with Gasteiger partial charge in [-0.3, -0.25) is 9.69 Å². The normalized spacial score (nSPS) is 22.4. The van der Waals surface area contributed by atoms with Crippen molar-refractivity contribution in [1.82, 2.24) is 4.90 Å². The molecule has 3 nitrogen and oxygen atoms in total. The van der Waals surface area contributed by atoms with Crippen molar-refractivity contribution in [2.24, 2.45) is 0 Å². The minimum atomic E-state index is -0.190. The molecule has 2 rings (SSSR count). The maximum Gasteiger partial charge on any atom is 0.314 e. The molecule has 0 N–H and O–H groups in total. The monoisotopic (exact) mass is 233 g/mol. The van der Waals surface area contributed by atoms with Gasteiger partial charge >= 0.3 is 5.97 Å². The lowest BCUT2D eigenvalue weighted by Crippen LogP contribution is -2.31. The van der Waals surface area contributed by atoms with E-state index in [0.717, 1.165) is 24.9 Å².